The van der Waals surface area contributed by atoms with Crippen LogP contribution in [0.1, 0.15) is 26.2 Å². The number of hydrogen-bond donors (Lipinski definition) is 6. The molecule has 1 rings (SSSR count). The van der Waals surface area contributed by atoms with Crippen LogP contribution in [0, 0.1) is 0 Å². The third-order valence-electron chi connectivity index (χ3n) is 3.46. The molecule has 10 heteroatoms. The average Bonchev–Trinajstić information content (AvgIpc) is 2.96. The second kappa shape index (κ2) is 8.44. The molecule has 1 aliphatic rings. The van der Waals surface area contributed by atoms with Gasteiger partial charge in [-0.2, -0.15) is 0 Å². The number of aliphatic hydroxyl groups excluding tert-OH is 1. The quantitative estimate of drug-likeness (QED) is 0.276. The minimum absolute atomic E-state index is 0.453. The van der Waals surface area contributed by atoms with Gasteiger partial charge in [0.05, 0.1) is 18.6 Å². The number of hydrogen-bond acceptors (Lipinski definition) is 6. The van der Waals surface area contributed by atoms with Gasteiger partial charge < -0.3 is 31.9 Å². The highest BCUT2D eigenvalue weighted by molar-refractivity contribution is 5.93. The summed E-state index contributed by atoms with van der Waals surface area (Å²) in [4.78, 5) is 46.0. The molecule has 1 heterocycles. The van der Waals surface area contributed by atoms with Crippen molar-refractivity contribution in [2.24, 2.45) is 5.73 Å². The molecule has 1 saturated heterocycles. The van der Waals surface area contributed by atoms with E-state index in [0.717, 1.165) is 6.42 Å². The molecule has 0 unspecified atom stereocenters. The van der Waals surface area contributed by atoms with Crippen LogP contribution < -0.4 is 21.7 Å². The topological polar surface area (TPSA) is 171 Å². The third kappa shape index (κ3) is 5.83. The Morgan fingerprint density at radius 2 is 1.96 bits per heavy atom. The van der Waals surface area contributed by atoms with Gasteiger partial charge in [0.15, 0.2) is 0 Å². The van der Waals surface area contributed by atoms with Crippen molar-refractivity contribution in [3.05, 3.63) is 0 Å². The first-order chi connectivity index (χ1) is 10.7. The molecule has 0 radical (unpaired) electrons. The van der Waals surface area contributed by atoms with Crippen LogP contribution in [0.25, 0.3) is 0 Å². The number of primary amides is 1. The summed E-state index contributed by atoms with van der Waals surface area (Å²) in [6.07, 6.45) is -0.405. The first kappa shape index (κ1) is 18.8. The Kier molecular flexibility index (Phi) is 6.91. The van der Waals surface area contributed by atoms with Crippen LogP contribution in [-0.4, -0.2) is 64.7 Å². The molecule has 0 aromatic rings. The summed E-state index contributed by atoms with van der Waals surface area (Å²) in [5.74, 6) is -3.69. The number of carbonyl (C=O) groups excluding carboxylic acids is 3. The number of carbonyl (C=O) groups is 4. The number of nitrogens with one attached hydrogen (secondary N) is 3. The Balaban J connectivity index is 2.71. The number of rotatable bonds is 8. The van der Waals surface area contributed by atoms with E-state index < -0.39 is 54.3 Å². The molecule has 0 bridgehead atoms. The molecule has 1 aliphatic heterocycles. The lowest BCUT2D eigenvalue weighted by Crippen LogP contribution is -2.58. The van der Waals surface area contributed by atoms with Crippen molar-refractivity contribution in [3.8, 4) is 0 Å². The van der Waals surface area contributed by atoms with Gasteiger partial charge in [0.2, 0.25) is 17.7 Å². The van der Waals surface area contributed by atoms with Gasteiger partial charge in [-0.05, 0) is 26.3 Å². The molecule has 23 heavy (non-hydrogen) atoms. The minimum atomic E-state index is -1.53. The molecule has 0 saturated carbocycles. The molecule has 130 valence electrons. The molecule has 0 aromatic heterocycles. The van der Waals surface area contributed by atoms with Crippen LogP contribution in [0.3, 0.4) is 0 Å². The van der Waals surface area contributed by atoms with Gasteiger partial charge >= 0.3 is 5.97 Å². The lowest BCUT2D eigenvalue weighted by Gasteiger charge is -2.24. The number of amides is 3. The number of carboxylic acids is 1. The van der Waals surface area contributed by atoms with Crippen LogP contribution in [0.5, 0.6) is 0 Å². The Morgan fingerprint density at radius 1 is 1.30 bits per heavy atom. The van der Waals surface area contributed by atoms with Crippen LogP contribution in [0.2, 0.25) is 0 Å². The highest BCUT2D eigenvalue weighted by Crippen LogP contribution is 2.06. The molecule has 4 atom stereocenters. The Labute approximate surface area is 132 Å². The molecular formula is C13H22N4O6. The smallest absolute Gasteiger partial charge is 0.326 e. The maximum atomic E-state index is 12.1. The van der Waals surface area contributed by atoms with Gasteiger partial charge in [-0.15, -0.1) is 0 Å². The third-order valence-corrected chi connectivity index (χ3v) is 3.46. The summed E-state index contributed by atoms with van der Waals surface area (Å²) in [5.41, 5.74) is 4.93. The van der Waals surface area contributed by atoms with E-state index >= 15 is 0 Å². The molecule has 0 aromatic carbocycles. The fourth-order valence-electron chi connectivity index (χ4n) is 2.23. The summed E-state index contributed by atoms with van der Waals surface area (Å²) >= 11 is 0. The van der Waals surface area contributed by atoms with E-state index in [2.05, 4.69) is 16.0 Å². The maximum Gasteiger partial charge on any atom is 0.326 e. The van der Waals surface area contributed by atoms with Crippen molar-refractivity contribution in [1.82, 2.24) is 16.0 Å². The number of nitrogens with two attached hydrogens (primary N) is 1. The van der Waals surface area contributed by atoms with E-state index in [1.807, 2.05) is 0 Å². The van der Waals surface area contributed by atoms with E-state index in [0.29, 0.717) is 13.0 Å². The predicted molar refractivity (Wildman–Crippen MR) is 78.0 cm³/mol. The van der Waals surface area contributed by atoms with Gasteiger partial charge in [0.1, 0.15) is 12.1 Å². The van der Waals surface area contributed by atoms with Crippen LogP contribution in [0.15, 0.2) is 0 Å². The molecule has 3 amide bonds. The van der Waals surface area contributed by atoms with Gasteiger partial charge in [-0.3, -0.25) is 14.4 Å². The average molecular weight is 330 g/mol. The highest BCUT2D eigenvalue weighted by atomic mass is 16.4. The summed E-state index contributed by atoms with van der Waals surface area (Å²) in [6, 6.07) is -3.31. The monoisotopic (exact) mass is 330 g/mol. The Hall–Kier alpha value is -2.20. The van der Waals surface area contributed by atoms with Gasteiger partial charge in [0, 0.05) is 0 Å². The van der Waals surface area contributed by atoms with E-state index in [-0.39, 0.29) is 0 Å². The van der Waals surface area contributed by atoms with Crippen molar-refractivity contribution in [3.63, 3.8) is 0 Å². The van der Waals surface area contributed by atoms with Crippen molar-refractivity contribution in [1.29, 1.82) is 0 Å². The first-order valence-corrected chi connectivity index (χ1v) is 7.25. The molecule has 0 spiro atoms. The zero-order valence-corrected chi connectivity index (χ0v) is 12.7. The number of aliphatic carboxylic acids is 1. The van der Waals surface area contributed by atoms with Crippen LogP contribution >= 0.6 is 0 Å². The maximum absolute atomic E-state index is 12.1. The summed E-state index contributed by atoms with van der Waals surface area (Å²) in [7, 11) is 0. The van der Waals surface area contributed by atoms with E-state index in [4.69, 9.17) is 10.8 Å². The Morgan fingerprint density at radius 3 is 2.39 bits per heavy atom. The lowest BCUT2D eigenvalue weighted by atomic mass is 10.1. The minimum Gasteiger partial charge on any atom is -0.480 e. The van der Waals surface area contributed by atoms with E-state index in [9.17, 15) is 24.3 Å². The van der Waals surface area contributed by atoms with Crippen LogP contribution in [0.4, 0.5) is 0 Å². The highest BCUT2D eigenvalue weighted by Gasteiger charge is 2.32. The zero-order valence-electron chi connectivity index (χ0n) is 12.7. The van der Waals surface area contributed by atoms with Gasteiger partial charge in [-0.1, -0.05) is 0 Å². The predicted octanol–water partition coefficient (Wildman–Crippen LogP) is -2.95. The summed E-state index contributed by atoms with van der Waals surface area (Å²) in [6.45, 7) is 1.97. The number of aliphatic hydroxyl groups is 1. The molecule has 7 N–H and O–H groups in total. The van der Waals surface area contributed by atoms with Crippen molar-refractivity contribution >= 4 is 23.7 Å². The van der Waals surface area contributed by atoms with Crippen LogP contribution in [-0.2, 0) is 19.2 Å². The molecule has 10 nitrogen and oxygen atoms in total. The van der Waals surface area contributed by atoms with E-state index in [1.54, 1.807) is 0 Å². The Bertz CT molecular complexity index is 475. The first-order valence-electron chi connectivity index (χ1n) is 7.25. The molecular weight excluding hydrogens is 308 g/mol. The van der Waals surface area contributed by atoms with E-state index in [1.165, 1.54) is 6.92 Å². The summed E-state index contributed by atoms with van der Waals surface area (Å²) in [5, 5.41) is 26.1. The second-order valence-corrected chi connectivity index (χ2v) is 5.45. The fourth-order valence-corrected chi connectivity index (χ4v) is 2.23. The van der Waals surface area contributed by atoms with Crippen molar-refractivity contribution in [2.45, 2.75) is 50.4 Å². The standard InChI is InChI=1S/C13H22N4O6/c1-6(18)10(17-11(20)7-3-2-4-15-7)12(21)16-8(13(22)23)5-9(14)19/h6-8,10,15,18H,2-5H2,1H3,(H2,14,19)(H,16,21)(H,17,20)(H,22,23)/t6-,7+,8+,10+/m1/s1. The number of carboxylic acid groups (broad SMARTS) is 1. The fraction of sp³-hybridized carbons (Fsp3) is 0.692. The van der Waals surface area contributed by atoms with Crippen molar-refractivity contribution < 1.29 is 29.4 Å². The SMILES string of the molecule is C[C@@H](O)[C@H](NC(=O)[C@@H]1CCCN1)C(=O)N[C@@H](CC(N)=O)C(=O)O. The second-order valence-electron chi connectivity index (χ2n) is 5.45. The molecule has 0 aliphatic carbocycles. The largest absolute Gasteiger partial charge is 0.480 e. The lowest BCUT2D eigenvalue weighted by molar-refractivity contribution is -0.144. The van der Waals surface area contributed by atoms with Gasteiger partial charge in [0.25, 0.3) is 0 Å². The normalized spacial score (nSPS) is 21.0. The van der Waals surface area contributed by atoms with Gasteiger partial charge in [-0.25, -0.2) is 4.79 Å². The van der Waals surface area contributed by atoms with Crippen molar-refractivity contribution in [2.75, 3.05) is 6.54 Å². The molecule has 1 fully saturated rings. The summed E-state index contributed by atoms with van der Waals surface area (Å²) < 4.78 is 0. The zero-order chi connectivity index (χ0) is 17.6.